The second-order valence-electron chi connectivity index (χ2n) is 7.37. The van der Waals surface area contributed by atoms with E-state index < -0.39 is 23.8 Å². The number of carbonyl (C=O) groups excluding carboxylic acids is 4. The van der Waals surface area contributed by atoms with Crippen molar-refractivity contribution in [1.82, 2.24) is 5.43 Å². The highest BCUT2D eigenvalue weighted by Crippen LogP contribution is 2.39. The number of benzene rings is 1. The molecule has 0 atom stereocenters. The Bertz CT molecular complexity index is 1300. The van der Waals surface area contributed by atoms with Crippen LogP contribution in [0.4, 0.5) is 5.00 Å². The first-order chi connectivity index (χ1) is 17.0. The number of esters is 2. The van der Waals surface area contributed by atoms with Gasteiger partial charge in [-0.1, -0.05) is 18.2 Å². The van der Waals surface area contributed by atoms with Gasteiger partial charge in [0.1, 0.15) is 15.6 Å². The van der Waals surface area contributed by atoms with Gasteiger partial charge in [0, 0.05) is 4.88 Å². The molecule has 0 saturated heterocycles. The van der Waals surface area contributed by atoms with Crippen LogP contribution in [0.1, 0.15) is 49.4 Å². The number of nitrogens with zero attached hydrogens (tertiary/aromatic N) is 1. The van der Waals surface area contributed by atoms with Crippen molar-refractivity contribution in [3.05, 3.63) is 68.2 Å². The van der Waals surface area contributed by atoms with Crippen molar-refractivity contribution in [2.45, 2.75) is 26.2 Å². The summed E-state index contributed by atoms with van der Waals surface area (Å²) in [6.45, 7) is 1.91. The highest BCUT2D eigenvalue weighted by Gasteiger charge is 2.29. The van der Waals surface area contributed by atoms with Gasteiger partial charge in [0.15, 0.2) is 0 Å². The minimum absolute atomic E-state index is 0.209. The SMILES string of the molecule is CCOC(=O)c1c(NC(=O)C(=O)NN=Cc2cccc(OC(=O)c3cccs3)c2)sc2c1CCC2. The fourth-order valence-electron chi connectivity index (χ4n) is 3.50. The molecule has 9 nitrogen and oxygen atoms in total. The zero-order valence-corrected chi connectivity index (χ0v) is 20.3. The monoisotopic (exact) mass is 511 g/mol. The fourth-order valence-corrected chi connectivity index (χ4v) is 5.37. The molecule has 2 aromatic heterocycles. The van der Waals surface area contributed by atoms with E-state index >= 15 is 0 Å². The summed E-state index contributed by atoms with van der Waals surface area (Å²) in [7, 11) is 0. The van der Waals surface area contributed by atoms with Crippen molar-refractivity contribution in [1.29, 1.82) is 0 Å². The molecule has 35 heavy (non-hydrogen) atoms. The lowest BCUT2D eigenvalue weighted by Gasteiger charge is -2.07. The molecular formula is C24H21N3O6S2. The van der Waals surface area contributed by atoms with E-state index in [9.17, 15) is 19.2 Å². The maximum absolute atomic E-state index is 12.4. The third-order valence-corrected chi connectivity index (χ3v) is 7.06. The van der Waals surface area contributed by atoms with Gasteiger partial charge in [-0.25, -0.2) is 15.0 Å². The Morgan fingerprint density at radius 2 is 1.94 bits per heavy atom. The van der Waals surface area contributed by atoms with Crippen LogP contribution in [-0.2, 0) is 27.2 Å². The Labute approximate surface area is 208 Å². The number of hydrazone groups is 1. The smallest absolute Gasteiger partial charge is 0.353 e. The predicted octanol–water partition coefficient (Wildman–Crippen LogP) is 3.78. The van der Waals surface area contributed by atoms with Crippen molar-refractivity contribution < 1.29 is 28.7 Å². The summed E-state index contributed by atoms with van der Waals surface area (Å²) in [5.74, 6) is -2.62. The first-order valence-electron chi connectivity index (χ1n) is 10.8. The summed E-state index contributed by atoms with van der Waals surface area (Å²) in [6, 6.07) is 9.97. The highest BCUT2D eigenvalue weighted by atomic mass is 32.1. The Kier molecular flexibility index (Phi) is 7.68. The molecule has 1 aromatic carbocycles. The molecule has 0 aliphatic heterocycles. The minimum atomic E-state index is -0.995. The molecule has 0 bridgehead atoms. The number of hydrogen-bond acceptors (Lipinski definition) is 9. The van der Waals surface area contributed by atoms with Gasteiger partial charge in [-0.15, -0.1) is 22.7 Å². The van der Waals surface area contributed by atoms with Crippen LogP contribution in [0.25, 0.3) is 0 Å². The van der Waals surface area contributed by atoms with Crippen LogP contribution >= 0.6 is 22.7 Å². The molecule has 11 heteroatoms. The van der Waals surface area contributed by atoms with Gasteiger partial charge in [-0.2, -0.15) is 5.10 Å². The lowest BCUT2D eigenvalue weighted by molar-refractivity contribution is -0.136. The first kappa shape index (κ1) is 24.3. The van der Waals surface area contributed by atoms with Crippen LogP contribution in [0.3, 0.4) is 0 Å². The van der Waals surface area contributed by atoms with Gasteiger partial charge in [0.25, 0.3) is 0 Å². The van der Waals surface area contributed by atoms with Gasteiger partial charge in [0.05, 0.1) is 18.4 Å². The Morgan fingerprint density at radius 1 is 1.09 bits per heavy atom. The zero-order valence-electron chi connectivity index (χ0n) is 18.7. The summed E-state index contributed by atoms with van der Waals surface area (Å²) in [6.07, 6.45) is 3.80. The summed E-state index contributed by atoms with van der Waals surface area (Å²) in [5.41, 5.74) is 3.90. The van der Waals surface area contributed by atoms with Gasteiger partial charge >= 0.3 is 23.8 Å². The Balaban J connectivity index is 1.36. The lowest BCUT2D eigenvalue weighted by atomic mass is 10.1. The van der Waals surface area contributed by atoms with Gasteiger partial charge < -0.3 is 14.8 Å². The molecule has 3 aromatic rings. The molecule has 2 amide bonds. The van der Waals surface area contributed by atoms with Crippen molar-refractivity contribution in [3.63, 3.8) is 0 Å². The third kappa shape index (κ3) is 5.81. The Morgan fingerprint density at radius 3 is 2.71 bits per heavy atom. The number of carbonyl (C=O) groups is 4. The fraction of sp³-hybridized carbons (Fsp3) is 0.208. The number of nitrogens with one attached hydrogen (secondary N) is 2. The summed E-state index contributed by atoms with van der Waals surface area (Å²) in [4.78, 5) is 50.6. The average molecular weight is 512 g/mol. The van der Waals surface area contributed by atoms with E-state index in [4.69, 9.17) is 9.47 Å². The van der Waals surface area contributed by atoms with Crippen LogP contribution in [0.2, 0.25) is 0 Å². The molecule has 0 saturated carbocycles. The molecule has 0 fully saturated rings. The standard InChI is InChI=1S/C24H21N3O6S2/c1-2-32-24(31)19-16-8-4-9-17(16)35-22(19)26-20(28)21(29)27-25-13-14-6-3-7-15(12-14)33-23(30)18-10-5-11-34-18/h3,5-7,10-13H,2,4,8-9H2,1H3,(H,26,28)(H,27,29). The van der Waals surface area contributed by atoms with Gasteiger partial charge in [0.2, 0.25) is 0 Å². The molecule has 2 N–H and O–H groups in total. The molecule has 2 heterocycles. The van der Waals surface area contributed by atoms with Crippen LogP contribution < -0.4 is 15.5 Å². The largest absolute Gasteiger partial charge is 0.462 e. The summed E-state index contributed by atoms with van der Waals surface area (Å²) in [5, 5.41) is 8.39. The molecule has 180 valence electrons. The van der Waals surface area contributed by atoms with Crippen LogP contribution in [0, 0.1) is 0 Å². The predicted molar refractivity (Wildman–Crippen MR) is 132 cm³/mol. The van der Waals surface area contributed by atoms with Crippen LogP contribution in [0.5, 0.6) is 5.75 Å². The van der Waals surface area contributed by atoms with E-state index in [0.717, 1.165) is 29.7 Å². The number of anilines is 1. The topological polar surface area (TPSA) is 123 Å². The van der Waals surface area contributed by atoms with E-state index in [1.165, 1.54) is 28.9 Å². The van der Waals surface area contributed by atoms with E-state index in [1.54, 1.807) is 48.7 Å². The quantitative estimate of drug-likeness (QED) is 0.164. The summed E-state index contributed by atoms with van der Waals surface area (Å²) >= 11 is 2.56. The van der Waals surface area contributed by atoms with Crippen LogP contribution in [-0.4, -0.2) is 36.6 Å². The molecule has 1 aliphatic rings. The molecular weight excluding hydrogens is 490 g/mol. The maximum atomic E-state index is 12.4. The molecule has 0 unspecified atom stereocenters. The van der Waals surface area contributed by atoms with Gasteiger partial charge in [-0.3, -0.25) is 9.59 Å². The van der Waals surface area contributed by atoms with E-state index in [1.807, 2.05) is 0 Å². The number of amides is 2. The lowest BCUT2D eigenvalue weighted by Crippen LogP contribution is -2.32. The van der Waals surface area contributed by atoms with E-state index in [-0.39, 0.29) is 6.61 Å². The number of hydrogen-bond donors (Lipinski definition) is 2. The first-order valence-corrected chi connectivity index (χ1v) is 12.5. The highest BCUT2D eigenvalue weighted by molar-refractivity contribution is 7.17. The average Bonchev–Trinajstić information content (AvgIpc) is 3.57. The molecule has 0 spiro atoms. The second kappa shape index (κ2) is 11.1. The maximum Gasteiger partial charge on any atom is 0.353 e. The van der Waals surface area contributed by atoms with E-state index in [2.05, 4.69) is 15.8 Å². The molecule has 1 aliphatic carbocycles. The number of thiophene rings is 2. The second-order valence-corrected chi connectivity index (χ2v) is 9.43. The summed E-state index contributed by atoms with van der Waals surface area (Å²) < 4.78 is 10.5. The van der Waals surface area contributed by atoms with Gasteiger partial charge in [-0.05, 0) is 60.9 Å². The molecule has 0 radical (unpaired) electrons. The van der Waals surface area contributed by atoms with Crippen LogP contribution in [0.15, 0.2) is 46.9 Å². The third-order valence-electron chi connectivity index (χ3n) is 5.00. The van der Waals surface area contributed by atoms with Crippen molar-refractivity contribution in [3.8, 4) is 5.75 Å². The number of rotatable bonds is 7. The molecule has 4 rings (SSSR count). The number of aryl methyl sites for hydroxylation is 1. The zero-order chi connectivity index (χ0) is 24.8. The normalized spacial score (nSPS) is 12.3. The van der Waals surface area contributed by atoms with E-state index in [0.29, 0.717) is 26.8 Å². The van der Waals surface area contributed by atoms with Crippen molar-refractivity contribution in [2.24, 2.45) is 5.10 Å². The van der Waals surface area contributed by atoms with Crippen molar-refractivity contribution in [2.75, 3.05) is 11.9 Å². The number of ether oxygens (including phenoxy) is 2. The van der Waals surface area contributed by atoms with Crippen molar-refractivity contribution >= 4 is 57.6 Å². The minimum Gasteiger partial charge on any atom is -0.462 e. The Hall–Kier alpha value is -3.83. The number of fused-ring (bicyclic) bond motifs is 1.